The number of hydrogen-bond acceptors (Lipinski definition) is 4. The molecule has 23 heavy (non-hydrogen) atoms. The minimum atomic E-state index is 0.300. The third-order valence-electron chi connectivity index (χ3n) is 3.66. The molecule has 0 spiro atoms. The Balaban J connectivity index is 1.71. The Morgan fingerprint density at radius 1 is 1.17 bits per heavy atom. The zero-order valence-electron chi connectivity index (χ0n) is 14.0. The summed E-state index contributed by atoms with van der Waals surface area (Å²) in [6.07, 6.45) is 6.56. The van der Waals surface area contributed by atoms with Crippen molar-refractivity contribution >= 4 is 10.8 Å². The molecule has 0 amide bonds. The number of rotatable bonds is 5. The molecular weight excluding hydrogens is 286 g/mol. The van der Waals surface area contributed by atoms with Crippen LogP contribution in [0.1, 0.15) is 26.5 Å². The molecule has 0 saturated carbocycles. The molecule has 0 bridgehead atoms. The van der Waals surface area contributed by atoms with Crippen molar-refractivity contribution in [1.82, 2.24) is 25.3 Å². The smallest absolute Gasteiger partial charge is 0.0844 e. The standard InChI is InChI=1S/C18H23N5/c1-18(2,3)13-20-9-7-15-12-23(22-21-15)17-6-4-5-14-11-19-10-8-16(14)17/h4-6,8,10-12,20H,7,9,13H2,1-3H3. The SMILES string of the molecule is CC(C)(C)CNCCc1cn(-c2cccc3cnccc23)nn1. The van der Waals surface area contributed by atoms with Crippen molar-refractivity contribution in [2.24, 2.45) is 5.41 Å². The van der Waals surface area contributed by atoms with E-state index in [2.05, 4.69) is 53.5 Å². The fourth-order valence-corrected chi connectivity index (χ4v) is 2.52. The van der Waals surface area contributed by atoms with Gasteiger partial charge in [-0.3, -0.25) is 4.98 Å². The van der Waals surface area contributed by atoms with E-state index in [4.69, 9.17) is 0 Å². The van der Waals surface area contributed by atoms with Crippen LogP contribution in [0.3, 0.4) is 0 Å². The number of pyridine rings is 1. The molecule has 0 radical (unpaired) electrons. The molecule has 2 aromatic heterocycles. The average molecular weight is 309 g/mol. The summed E-state index contributed by atoms with van der Waals surface area (Å²) < 4.78 is 1.85. The van der Waals surface area contributed by atoms with E-state index in [1.807, 2.05) is 29.2 Å². The van der Waals surface area contributed by atoms with Crippen LogP contribution in [0.15, 0.2) is 42.9 Å². The average Bonchev–Trinajstić information content (AvgIpc) is 2.99. The van der Waals surface area contributed by atoms with Crippen molar-refractivity contribution in [2.45, 2.75) is 27.2 Å². The predicted octanol–water partition coefficient (Wildman–Crippen LogP) is 2.99. The quantitative estimate of drug-likeness (QED) is 0.736. The second kappa shape index (κ2) is 6.46. The lowest BCUT2D eigenvalue weighted by molar-refractivity contribution is 0.381. The highest BCUT2D eigenvalue weighted by molar-refractivity contribution is 5.89. The zero-order chi connectivity index (χ0) is 16.3. The maximum absolute atomic E-state index is 4.29. The summed E-state index contributed by atoms with van der Waals surface area (Å²) in [4.78, 5) is 4.17. The molecule has 3 aromatic rings. The number of hydrogen-bond donors (Lipinski definition) is 1. The first kappa shape index (κ1) is 15.6. The Kier molecular flexibility index (Phi) is 4.39. The maximum Gasteiger partial charge on any atom is 0.0844 e. The van der Waals surface area contributed by atoms with E-state index in [0.717, 1.165) is 41.7 Å². The Labute approximate surface area is 136 Å². The van der Waals surface area contributed by atoms with Crippen LogP contribution in [0.2, 0.25) is 0 Å². The Morgan fingerprint density at radius 3 is 2.87 bits per heavy atom. The molecule has 0 aliphatic heterocycles. The Hall–Kier alpha value is -2.27. The first-order chi connectivity index (χ1) is 11.0. The van der Waals surface area contributed by atoms with Crippen LogP contribution in [-0.2, 0) is 6.42 Å². The molecular formula is C18H23N5. The van der Waals surface area contributed by atoms with Gasteiger partial charge in [0, 0.05) is 42.7 Å². The summed E-state index contributed by atoms with van der Waals surface area (Å²) in [7, 11) is 0. The largest absolute Gasteiger partial charge is 0.316 e. The summed E-state index contributed by atoms with van der Waals surface area (Å²) in [5, 5.41) is 14.3. The van der Waals surface area contributed by atoms with Crippen molar-refractivity contribution in [3.8, 4) is 5.69 Å². The van der Waals surface area contributed by atoms with Gasteiger partial charge < -0.3 is 5.32 Å². The number of fused-ring (bicyclic) bond motifs is 1. The molecule has 0 aliphatic rings. The van der Waals surface area contributed by atoms with Gasteiger partial charge in [-0.15, -0.1) is 5.10 Å². The van der Waals surface area contributed by atoms with Gasteiger partial charge in [0.05, 0.1) is 17.6 Å². The van der Waals surface area contributed by atoms with E-state index in [0.29, 0.717) is 5.41 Å². The molecule has 120 valence electrons. The van der Waals surface area contributed by atoms with Gasteiger partial charge in [0.1, 0.15) is 0 Å². The number of nitrogens with one attached hydrogen (secondary N) is 1. The van der Waals surface area contributed by atoms with Crippen LogP contribution >= 0.6 is 0 Å². The van der Waals surface area contributed by atoms with Gasteiger partial charge in [0.2, 0.25) is 0 Å². The highest BCUT2D eigenvalue weighted by atomic mass is 15.4. The van der Waals surface area contributed by atoms with Crippen LogP contribution in [0.4, 0.5) is 0 Å². The van der Waals surface area contributed by atoms with Gasteiger partial charge in [-0.1, -0.05) is 38.1 Å². The first-order valence-electron chi connectivity index (χ1n) is 7.98. The highest BCUT2D eigenvalue weighted by Crippen LogP contribution is 2.20. The molecule has 0 aliphatic carbocycles. The second-order valence-electron chi connectivity index (χ2n) is 7.02. The molecule has 0 atom stereocenters. The first-order valence-corrected chi connectivity index (χ1v) is 7.98. The lowest BCUT2D eigenvalue weighted by atomic mass is 9.97. The lowest BCUT2D eigenvalue weighted by Crippen LogP contribution is -2.28. The fourth-order valence-electron chi connectivity index (χ4n) is 2.52. The summed E-state index contributed by atoms with van der Waals surface area (Å²) >= 11 is 0. The molecule has 5 heteroatoms. The normalized spacial score (nSPS) is 12.0. The van der Waals surface area contributed by atoms with Crippen molar-refractivity contribution in [3.63, 3.8) is 0 Å². The second-order valence-corrected chi connectivity index (χ2v) is 7.02. The number of aromatic nitrogens is 4. The summed E-state index contributed by atoms with van der Waals surface area (Å²) in [5.74, 6) is 0. The van der Waals surface area contributed by atoms with E-state index in [1.165, 1.54) is 0 Å². The molecule has 0 unspecified atom stereocenters. The van der Waals surface area contributed by atoms with Crippen LogP contribution in [-0.4, -0.2) is 33.1 Å². The van der Waals surface area contributed by atoms with Crippen molar-refractivity contribution in [2.75, 3.05) is 13.1 Å². The lowest BCUT2D eigenvalue weighted by Gasteiger charge is -2.18. The summed E-state index contributed by atoms with van der Waals surface area (Å²) in [6.45, 7) is 8.59. The van der Waals surface area contributed by atoms with Crippen molar-refractivity contribution in [1.29, 1.82) is 0 Å². The topological polar surface area (TPSA) is 55.6 Å². The predicted molar refractivity (Wildman–Crippen MR) is 92.7 cm³/mol. The van der Waals surface area contributed by atoms with Gasteiger partial charge in [-0.05, 0) is 17.5 Å². The van der Waals surface area contributed by atoms with Gasteiger partial charge in [-0.25, -0.2) is 4.68 Å². The minimum Gasteiger partial charge on any atom is -0.316 e. The van der Waals surface area contributed by atoms with E-state index < -0.39 is 0 Å². The fraction of sp³-hybridized carbons (Fsp3) is 0.389. The third-order valence-corrected chi connectivity index (χ3v) is 3.66. The minimum absolute atomic E-state index is 0.300. The van der Waals surface area contributed by atoms with Crippen molar-refractivity contribution < 1.29 is 0 Å². The Morgan fingerprint density at radius 2 is 2.04 bits per heavy atom. The molecule has 5 nitrogen and oxygen atoms in total. The summed E-state index contributed by atoms with van der Waals surface area (Å²) in [6, 6.07) is 8.14. The monoisotopic (exact) mass is 309 g/mol. The van der Waals surface area contributed by atoms with Gasteiger partial charge in [0.25, 0.3) is 0 Å². The van der Waals surface area contributed by atoms with Crippen molar-refractivity contribution in [3.05, 3.63) is 48.5 Å². The molecule has 0 saturated heterocycles. The van der Waals surface area contributed by atoms with E-state index >= 15 is 0 Å². The van der Waals surface area contributed by atoms with Crippen LogP contribution < -0.4 is 5.32 Å². The molecule has 0 fully saturated rings. The summed E-state index contributed by atoms with van der Waals surface area (Å²) in [5.41, 5.74) is 2.33. The highest BCUT2D eigenvalue weighted by Gasteiger charge is 2.10. The molecule has 3 rings (SSSR count). The zero-order valence-corrected chi connectivity index (χ0v) is 14.0. The van der Waals surface area contributed by atoms with E-state index in [-0.39, 0.29) is 0 Å². The number of nitrogens with zero attached hydrogens (tertiary/aromatic N) is 4. The van der Waals surface area contributed by atoms with Crippen LogP contribution in [0, 0.1) is 5.41 Å². The van der Waals surface area contributed by atoms with Gasteiger partial charge in [-0.2, -0.15) is 0 Å². The van der Waals surface area contributed by atoms with E-state index in [1.54, 1.807) is 6.20 Å². The number of benzene rings is 1. The molecule has 2 heterocycles. The Bertz CT molecular complexity index is 780. The molecule has 1 N–H and O–H groups in total. The van der Waals surface area contributed by atoms with Gasteiger partial charge in [0.15, 0.2) is 0 Å². The van der Waals surface area contributed by atoms with Crippen LogP contribution in [0.25, 0.3) is 16.5 Å². The maximum atomic E-state index is 4.29. The van der Waals surface area contributed by atoms with Gasteiger partial charge >= 0.3 is 0 Å². The van der Waals surface area contributed by atoms with Crippen LogP contribution in [0.5, 0.6) is 0 Å². The third kappa shape index (κ3) is 3.93. The molecule has 1 aromatic carbocycles. The van der Waals surface area contributed by atoms with E-state index in [9.17, 15) is 0 Å².